The van der Waals surface area contributed by atoms with Crippen LogP contribution in [-0.2, 0) is 11.2 Å². The molecule has 0 aliphatic carbocycles. The fourth-order valence-corrected chi connectivity index (χ4v) is 4.38. The Morgan fingerprint density at radius 2 is 1.83 bits per heavy atom. The molecule has 0 aromatic heterocycles. The fraction of sp³-hybridized carbons (Fsp3) is 0.435. The van der Waals surface area contributed by atoms with Gasteiger partial charge in [-0.15, -0.1) is 0 Å². The number of nitrogens with zero attached hydrogens (tertiary/aromatic N) is 2. The van der Waals surface area contributed by atoms with Crippen molar-refractivity contribution in [1.29, 1.82) is 0 Å². The summed E-state index contributed by atoms with van der Waals surface area (Å²) in [5, 5.41) is 0. The Hall–Kier alpha value is -2.73. The lowest BCUT2D eigenvalue weighted by Gasteiger charge is -2.38. The standard InChI is InChI=1S/C23H29N3O3/c1-28-22-11-9-19(10-12-22)26-21(16-29-23(26)27)15-25-13-3-2-4-20(25)14-17-5-7-18(24)8-6-17/h5-12,20-21H,2-4,13-16,24H2,1H3. The van der Waals surface area contributed by atoms with Gasteiger partial charge in [0.2, 0.25) is 0 Å². The van der Waals surface area contributed by atoms with E-state index in [4.69, 9.17) is 15.2 Å². The van der Waals surface area contributed by atoms with Crippen LogP contribution in [0.25, 0.3) is 0 Å². The van der Waals surface area contributed by atoms with E-state index in [0.29, 0.717) is 12.6 Å². The Bertz CT molecular complexity index is 822. The largest absolute Gasteiger partial charge is 0.497 e. The first-order chi connectivity index (χ1) is 14.1. The second-order valence-corrected chi connectivity index (χ2v) is 7.89. The van der Waals surface area contributed by atoms with Crippen LogP contribution in [0.15, 0.2) is 48.5 Å². The molecule has 154 valence electrons. The Balaban J connectivity index is 1.47. The Morgan fingerprint density at radius 3 is 2.55 bits per heavy atom. The zero-order valence-corrected chi connectivity index (χ0v) is 16.9. The van der Waals surface area contributed by atoms with Crippen LogP contribution in [0.4, 0.5) is 16.2 Å². The first-order valence-corrected chi connectivity index (χ1v) is 10.3. The molecule has 2 saturated heterocycles. The minimum Gasteiger partial charge on any atom is -0.497 e. The number of cyclic esters (lactones) is 1. The van der Waals surface area contributed by atoms with Crippen LogP contribution in [0.2, 0.25) is 0 Å². The smallest absolute Gasteiger partial charge is 0.414 e. The summed E-state index contributed by atoms with van der Waals surface area (Å²) in [6.45, 7) is 2.30. The zero-order valence-electron chi connectivity index (χ0n) is 16.9. The molecular formula is C23H29N3O3. The predicted molar refractivity (Wildman–Crippen MR) is 114 cm³/mol. The number of anilines is 2. The Labute approximate surface area is 172 Å². The summed E-state index contributed by atoms with van der Waals surface area (Å²) in [5.74, 6) is 0.775. The van der Waals surface area contributed by atoms with Crippen LogP contribution < -0.4 is 15.4 Å². The van der Waals surface area contributed by atoms with Crippen molar-refractivity contribution < 1.29 is 14.3 Å². The molecular weight excluding hydrogens is 366 g/mol. The number of piperidine rings is 1. The molecule has 4 rings (SSSR count). The van der Waals surface area contributed by atoms with Gasteiger partial charge in [0.05, 0.1) is 13.2 Å². The van der Waals surface area contributed by atoms with E-state index in [1.807, 2.05) is 36.4 Å². The van der Waals surface area contributed by atoms with Gasteiger partial charge in [-0.2, -0.15) is 0 Å². The van der Waals surface area contributed by atoms with Crippen molar-refractivity contribution >= 4 is 17.5 Å². The van der Waals surface area contributed by atoms with Crippen LogP contribution in [0.1, 0.15) is 24.8 Å². The molecule has 0 radical (unpaired) electrons. The molecule has 2 N–H and O–H groups in total. The molecule has 29 heavy (non-hydrogen) atoms. The van der Waals surface area contributed by atoms with E-state index >= 15 is 0 Å². The topological polar surface area (TPSA) is 68.0 Å². The quantitative estimate of drug-likeness (QED) is 0.756. The average Bonchev–Trinajstić information content (AvgIpc) is 3.11. The van der Waals surface area contributed by atoms with E-state index in [1.54, 1.807) is 12.0 Å². The van der Waals surface area contributed by atoms with Gasteiger partial charge in [-0.05, 0) is 67.8 Å². The normalized spacial score (nSPS) is 22.5. The van der Waals surface area contributed by atoms with Gasteiger partial charge in [-0.1, -0.05) is 18.6 Å². The number of methoxy groups -OCH3 is 1. The highest BCUT2D eigenvalue weighted by Gasteiger charge is 2.37. The number of hydrogen-bond acceptors (Lipinski definition) is 5. The lowest BCUT2D eigenvalue weighted by Crippen LogP contribution is -2.49. The van der Waals surface area contributed by atoms with Crippen LogP contribution in [0.5, 0.6) is 5.75 Å². The summed E-state index contributed by atoms with van der Waals surface area (Å²) in [6.07, 6.45) is 4.35. The number of hydrogen-bond donors (Lipinski definition) is 1. The maximum atomic E-state index is 12.4. The van der Waals surface area contributed by atoms with E-state index in [9.17, 15) is 4.79 Å². The summed E-state index contributed by atoms with van der Waals surface area (Å²) in [5.41, 5.74) is 8.78. The van der Waals surface area contributed by atoms with Crippen LogP contribution in [-0.4, -0.2) is 49.9 Å². The number of benzene rings is 2. The molecule has 6 heteroatoms. The van der Waals surface area contributed by atoms with Crippen molar-refractivity contribution in [2.24, 2.45) is 0 Å². The lowest BCUT2D eigenvalue weighted by atomic mass is 9.95. The molecule has 2 unspecified atom stereocenters. The maximum absolute atomic E-state index is 12.4. The monoisotopic (exact) mass is 395 g/mol. The molecule has 0 bridgehead atoms. The molecule has 6 nitrogen and oxygen atoms in total. The summed E-state index contributed by atoms with van der Waals surface area (Å²) in [4.78, 5) is 16.7. The number of nitrogen functional groups attached to an aromatic ring is 1. The molecule has 2 aromatic carbocycles. The Kier molecular flexibility index (Phi) is 5.90. The van der Waals surface area contributed by atoms with Gasteiger partial charge in [0.25, 0.3) is 0 Å². The third kappa shape index (κ3) is 4.48. The summed E-state index contributed by atoms with van der Waals surface area (Å²) < 4.78 is 10.6. The molecule has 1 amide bonds. The fourth-order valence-electron chi connectivity index (χ4n) is 4.38. The number of carbonyl (C=O) groups excluding carboxylic acids is 1. The number of nitrogens with two attached hydrogens (primary N) is 1. The van der Waals surface area contributed by atoms with Gasteiger partial charge in [0.15, 0.2) is 0 Å². The van der Waals surface area contributed by atoms with Crippen molar-refractivity contribution in [2.75, 3.05) is 37.4 Å². The average molecular weight is 396 g/mol. The molecule has 0 spiro atoms. The lowest BCUT2D eigenvalue weighted by molar-refractivity contribution is 0.132. The second-order valence-electron chi connectivity index (χ2n) is 7.89. The van der Waals surface area contributed by atoms with E-state index in [-0.39, 0.29) is 12.1 Å². The van der Waals surface area contributed by atoms with Crippen molar-refractivity contribution in [3.63, 3.8) is 0 Å². The minimum atomic E-state index is -0.271. The Morgan fingerprint density at radius 1 is 1.07 bits per heavy atom. The second kappa shape index (κ2) is 8.74. The molecule has 2 heterocycles. The number of ether oxygens (including phenoxy) is 2. The van der Waals surface area contributed by atoms with Gasteiger partial charge in [-0.25, -0.2) is 4.79 Å². The van der Waals surface area contributed by atoms with Gasteiger partial charge >= 0.3 is 6.09 Å². The van der Waals surface area contributed by atoms with E-state index in [2.05, 4.69) is 17.0 Å². The van der Waals surface area contributed by atoms with Gasteiger partial charge in [-0.3, -0.25) is 9.80 Å². The number of carbonyl (C=O) groups is 1. The number of likely N-dealkylation sites (tertiary alicyclic amines) is 1. The zero-order chi connectivity index (χ0) is 20.2. The highest BCUT2D eigenvalue weighted by atomic mass is 16.6. The third-order valence-corrected chi connectivity index (χ3v) is 5.96. The molecule has 2 aliphatic heterocycles. The van der Waals surface area contributed by atoms with E-state index < -0.39 is 0 Å². The highest BCUT2D eigenvalue weighted by Crippen LogP contribution is 2.28. The maximum Gasteiger partial charge on any atom is 0.414 e. The highest BCUT2D eigenvalue weighted by molar-refractivity contribution is 5.90. The van der Waals surface area contributed by atoms with Crippen molar-refractivity contribution in [3.05, 3.63) is 54.1 Å². The summed E-state index contributed by atoms with van der Waals surface area (Å²) in [7, 11) is 1.64. The van der Waals surface area contributed by atoms with Gasteiger partial charge in [0, 0.05) is 24.0 Å². The summed E-state index contributed by atoms with van der Waals surface area (Å²) in [6, 6.07) is 16.3. The minimum absolute atomic E-state index is 0.0166. The number of rotatable bonds is 6. The number of amides is 1. The molecule has 0 saturated carbocycles. The third-order valence-electron chi connectivity index (χ3n) is 5.96. The predicted octanol–water partition coefficient (Wildman–Crippen LogP) is 3.70. The van der Waals surface area contributed by atoms with E-state index in [1.165, 1.54) is 24.8 Å². The molecule has 2 fully saturated rings. The summed E-state index contributed by atoms with van der Waals surface area (Å²) >= 11 is 0. The van der Waals surface area contributed by atoms with Gasteiger partial charge < -0.3 is 15.2 Å². The van der Waals surface area contributed by atoms with Crippen molar-refractivity contribution in [3.8, 4) is 5.75 Å². The van der Waals surface area contributed by atoms with Crippen molar-refractivity contribution in [2.45, 2.75) is 37.8 Å². The van der Waals surface area contributed by atoms with Crippen LogP contribution in [0, 0.1) is 0 Å². The molecule has 2 aromatic rings. The van der Waals surface area contributed by atoms with Crippen LogP contribution in [0.3, 0.4) is 0 Å². The van der Waals surface area contributed by atoms with Crippen molar-refractivity contribution in [1.82, 2.24) is 4.90 Å². The van der Waals surface area contributed by atoms with Gasteiger partial charge in [0.1, 0.15) is 12.4 Å². The van der Waals surface area contributed by atoms with E-state index in [0.717, 1.165) is 36.6 Å². The molecule has 2 aliphatic rings. The molecule has 2 atom stereocenters. The first-order valence-electron chi connectivity index (χ1n) is 10.3. The van der Waals surface area contributed by atoms with Crippen LogP contribution >= 0.6 is 0 Å². The SMILES string of the molecule is COc1ccc(N2C(=O)OCC2CN2CCCCC2Cc2ccc(N)cc2)cc1. The first kappa shape index (κ1) is 19.6.